The van der Waals surface area contributed by atoms with E-state index in [2.05, 4.69) is 21.3 Å². The summed E-state index contributed by atoms with van der Waals surface area (Å²) in [5, 5.41) is 13.9. The van der Waals surface area contributed by atoms with Crippen LogP contribution in [0.5, 0.6) is 0 Å². The van der Waals surface area contributed by atoms with Crippen LogP contribution in [0.15, 0.2) is 60.8 Å². The molecule has 0 saturated carbocycles. The first-order valence-corrected chi connectivity index (χ1v) is 10.1. The summed E-state index contributed by atoms with van der Waals surface area (Å²) in [5.41, 5.74) is 0.692. The van der Waals surface area contributed by atoms with Crippen molar-refractivity contribution < 1.29 is 24.0 Å². The molecular weight excluding hydrogens is 436 g/mol. The molecule has 2 aromatic heterocycles. The van der Waals surface area contributed by atoms with Gasteiger partial charge < -0.3 is 9.47 Å². The number of ether oxygens (including phenoxy) is 2. The summed E-state index contributed by atoms with van der Waals surface area (Å²) in [6.45, 7) is 3.27. The average Bonchev–Trinajstić information content (AvgIpc) is 3.30. The number of carbonyl (C=O) groups is 2. The third kappa shape index (κ3) is 5.13. The SMILES string of the molecule is C=CCOC(=O)N(Cc1ccc(C(=O)OC)cc1[N+](=O)[O-])c1csc(-c2ccncc2)n1. The van der Waals surface area contributed by atoms with Gasteiger partial charge in [0, 0.05) is 35.0 Å². The molecule has 0 aliphatic carbocycles. The Hall–Kier alpha value is -4.12. The van der Waals surface area contributed by atoms with Crippen LogP contribution in [0.25, 0.3) is 10.6 Å². The summed E-state index contributed by atoms with van der Waals surface area (Å²) in [6, 6.07) is 7.45. The van der Waals surface area contributed by atoms with Crippen LogP contribution in [0.3, 0.4) is 0 Å². The van der Waals surface area contributed by atoms with Crippen molar-refractivity contribution in [1.82, 2.24) is 9.97 Å². The Labute approximate surface area is 186 Å². The van der Waals surface area contributed by atoms with Crippen LogP contribution in [0.4, 0.5) is 16.3 Å². The average molecular weight is 454 g/mol. The largest absolute Gasteiger partial charge is 0.465 e. The normalized spacial score (nSPS) is 10.3. The quantitative estimate of drug-likeness (QED) is 0.214. The Morgan fingerprint density at radius 1 is 1.28 bits per heavy atom. The number of carbonyl (C=O) groups excluding carboxylic acids is 2. The fourth-order valence-corrected chi connectivity index (χ4v) is 3.56. The van der Waals surface area contributed by atoms with Crippen LogP contribution < -0.4 is 4.90 Å². The van der Waals surface area contributed by atoms with Gasteiger partial charge in [-0.3, -0.25) is 20.0 Å². The van der Waals surface area contributed by atoms with Gasteiger partial charge in [-0.1, -0.05) is 12.7 Å². The predicted octanol–water partition coefficient (Wildman–Crippen LogP) is 4.23. The van der Waals surface area contributed by atoms with Crippen LogP contribution >= 0.6 is 11.3 Å². The van der Waals surface area contributed by atoms with E-state index in [4.69, 9.17) is 4.74 Å². The van der Waals surface area contributed by atoms with Gasteiger partial charge in [0.05, 0.1) is 24.1 Å². The molecule has 0 unspecified atom stereocenters. The molecule has 11 heteroatoms. The number of anilines is 1. The molecule has 3 aromatic rings. The molecule has 10 nitrogen and oxygen atoms in total. The number of hydrogen-bond acceptors (Lipinski definition) is 9. The lowest BCUT2D eigenvalue weighted by Gasteiger charge is -2.19. The summed E-state index contributed by atoms with van der Waals surface area (Å²) in [7, 11) is 1.18. The summed E-state index contributed by atoms with van der Waals surface area (Å²) < 4.78 is 9.77. The van der Waals surface area contributed by atoms with Crippen molar-refractivity contribution in [2.75, 3.05) is 18.6 Å². The molecule has 0 spiro atoms. The molecule has 0 bridgehead atoms. The highest BCUT2D eigenvalue weighted by atomic mass is 32.1. The highest BCUT2D eigenvalue weighted by Crippen LogP contribution is 2.30. The summed E-state index contributed by atoms with van der Waals surface area (Å²) in [5.74, 6) is -0.439. The van der Waals surface area contributed by atoms with E-state index in [9.17, 15) is 19.7 Å². The molecule has 32 heavy (non-hydrogen) atoms. The van der Waals surface area contributed by atoms with Crippen LogP contribution in [-0.2, 0) is 16.0 Å². The topological polar surface area (TPSA) is 125 Å². The monoisotopic (exact) mass is 454 g/mol. The zero-order valence-electron chi connectivity index (χ0n) is 17.0. The first-order chi connectivity index (χ1) is 15.4. The van der Waals surface area contributed by atoms with Crippen molar-refractivity contribution in [2.24, 2.45) is 0 Å². The van der Waals surface area contributed by atoms with Crippen molar-refractivity contribution in [3.63, 3.8) is 0 Å². The van der Waals surface area contributed by atoms with E-state index in [1.165, 1.54) is 41.6 Å². The molecule has 0 fully saturated rings. The van der Waals surface area contributed by atoms with Gasteiger partial charge in [0.15, 0.2) is 0 Å². The molecule has 0 N–H and O–H groups in total. The van der Waals surface area contributed by atoms with E-state index in [-0.39, 0.29) is 35.8 Å². The van der Waals surface area contributed by atoms with E-state index in [0.29, 0.717) is 5.01 Å². The molecule has 2 heterocycles. The van der Waals surface area contributed by atoms with Crippen molar-refractivity contribution in [1.29, 1.82) is 0 Å². The van der Waals surface area contributed by atoms with E-state index < -0.39 is 17.0 Å². The Balaban J connectivity index is 1.98. The lowest BCUT2D eigenvalue weighted by Crippen LogP contribution is -2.31. The number of esters is 1. The first kappa shape index (κ1) is 22.6. The van der Waals surface area contributed by atoms with Crippen molar-refractivity contribution in [3.05, 3.63) is 82.0 Å². The minimum absolute atomic E-state index is 0.0253. The Kier molecular flexibility index (Phi) is 7.24. The number of hydrogen-bond donors (Lipinski definition) is 0. The van der Waals surface area contributed by atoms with Crippen LogP contribution in [0.1, 0.15) is 15.9 Å². The zero-order valence-corrected chi connectivity index (χ0v) is 17.8. The van der Waals surface area contributed by atoms with Crippen LogP contribution in [0, 0.1) is 10.1 Å². The minimum Gasteiger partial charge on any atom is -0.465 e. The van der Waals surface area contributed by atoms with E-state index in [1.54, 1.807) is 29.9 Å². The lowest BCUT2D eigenvalue weighted by molar-refractivity contribution is -0.385. The zero-order chi connectivity index (χ0) is 23.1. The molecule has 164 valence electrons. The summed E-state index contributed by atoms with van der Waals surface area (Å²) >= 11 is 1.30. The molecule has 0 aliphatic rings. The fourth-order valence-electron chi connectivity index (χ4n) is 2.75. The number of aromatic nitrogens is 2. The lowest BCUT2D eigenvalue weighted by atomic mass is 10.1. The maximum Gasteiger partial charge on any atom is 0.416 e. The number of nitro benzene ring substituents is 1. The number of nitrogens with zero attached hydrogens (tertiary/aromatic N) is 4. The van der Waals surface area contributed by atoms with Gasteiger partial charge in [-0.15, -0.1) is 11.3 Å². The van der Waals surface area contributed by atoms with Crippen molar-refractivity contribution in [3.8, 4) is 10.6 Å². The van der Waals surface area contributed by atoms with Crippen molar-refractivity contribution in [2.45, 2.75) is 6.54 Å². The number of thiazole rings is 1. The van der Waals surface area contributed by atoms with E-state index >= 15 is 0 Å². The molecule has 0 aliphatic heterocycles. The number of rotatable bonds is 8. The molecular formula is C21H18N4O6S. The third-order valence-corrected chi connectivity index (χ3v) is 5.15. The molecule has 1 aromatic carbocycles. The van der Waals surface area contributed by atoms with Gasteiger partial charge in [-0.2, -0.15) is 0 Å². The summed E-state index contributed by atoms with van der Waals surface area (Å²) in [6.07, 6.45) is 3.91. The van der Waals surface area contributed by atoms with Crippen LogP contribution in [0.2, 0.25) is 0 Å². The first-order valence-electron chi connectivity index (χ1n) is 9.21. The van der Waals surface area contributed by atoms with Gasteiger partial charge >= 0.3 is 12.1 Å². The molecule has 0 atom stereocenters. The minimum atomic E-state index is -0.747. The molecule has 1 amide bonds. The van der Waals surface area contributed by atoms with Gasteiger partial charge in [-0.25, -0.2) is 14.6 Å². The highest BCUT2D eigenvalue weighted by Gasteiger charge is 2.26. The highest BCUT2D eigenvalue weighted by molar-refractivity contribution is 7.13. The van der Waals surface area contributed by atoms with Gasteiger partial charge in [0.25, 0.3) is 5.69 Å². The van der Waals surface area contributed by atoms with E-state index in [0.717, 1.165) is 11.6 Å². The maximum absolute atomic E-state index is 12.7. The van der Waals surface area contributed by atoms with Gasteiger partial charge in [0.1, 0.15) is 17.4 Å². The summed E-state index contributed by atoms with van der Waals surface area (Å²) in [4.78, 5) is 45.1. The third-order valence-electron chi connectivity index (χ3n) is 4.27. The fraction of sp³-hybridized carbons (Fsp3) is 0.143. The smallest absolute Gasteiger partial charge is 0.416 e. The molecule has 0 radical (unpaired) electrons. The van der Waals surface area contributed by atoms with Crippen LogP contribution in [-0.4, -0.2) is 40.7 Å². The number of amides is 1. The second-order valence-electron chi connectivity index (χ2n) is 6.29. The Morgan fingerprint density at radius 2 is 2.03 bits per heavy atom. The van der Waals surface area contributed by atoms with Crippen molar-refractivity contribution >= 4 is 34.9 Å². The maximum atomic E-state index is 12.7. The second kappa shape index (κ2) is 10.3. The predicted molar refractivity (Wildman–Crippen MR) is 118 cm³/mol. The number of pyridine rings is 1. The standard InChI is InChI=1S/C21H18N4O6S/c1-3-10-31-21(27)24(18-13-32-19(23-18)14-6-8-22-9-7-14)12-16-5-4-15(20(26)30-2)11-17(16)25(28)29/h3-9,11,13H,1,10,12H2,2H3. The Bertz CT molecular complexity index is 1150. The number of benzene rings is 1. The second-order valence-corrected chi connectivity index (χ2v) is 7.15. The number of nitro groups is 1. The number of methoxy groups -OCH3 is 1. The van der Waals surface area contributed by atoms with E-state index in [1.807, 2.05) is 0 Å². The Morgan fingerprint density at radius 3 is 2.69 bits per heavy atom. The molecule has 0 saturated heterocycles. The van der Waals surface area contributed by atoms with Gasteiger partial charge in [-0.05, 0) is 24.3 Å². The molecule has 3 rings (SSSR count). The van der Waals surface area contributed by atoms with Gasteiger partial charge in [0.2, 0.25) is 0 Å².